The molecule has 0 aliphatic heterocycles. The number of hydrogen-bond acceptors (Lipinski definition) is 4. The lowest BCUT2D eigenvalue weighted by atomic mass is 10.2. The lowest BCUT2D eigenvalue weighted by Crippen LogP contribution is -2.06. The second-order valence-corrected chi connectivity index (χ2v) is 4.64. The van der Waals surface area contributed by atoms with Crippen LogP contribution in [0.15, 0.2) is 30.5 Å². The van der Waals surface area contributed by atoms with Crippen molar-refractivity contribution in [2.45, 2.75) is 26.7 Å². The first-order valence-corrected chi connectivity index (χ1v) is 6.86. The van der Waals surface area contributed by atoms with Gasteiger partial charge in [0.25, 0.3) is 0 Å². The second kappa shape index (κ2) is 5.28. The van der Waals surface area contributed by atoms with Crippen molar-refractivity contribution in [2.24, 2.45) is 0 Å². The molecule has 0 atom stereocenters. The predicted molar refractivity (Wildman–Crippen MR) is 80.2 cm³/mol. The standard InChI is InChI=1S/C15H17N5/c1-3-12-13(4-2)19-20-15(18-12)17-11-5-6-14-10(9-11)7-8-16-14/h5-9,16H,3-4H2,1-2H3,(H,17,18,20). The van der Waals surface area contributed by atoms with Gasteiger partial charge in [0, 0.05) is 22.8 Å². The summed E-state index contributed by atoms with van der Waals surface area (Å²) in [4.78, 5) is 7.71. The van der Waals surface area contributed by atoms with E-state index < -0.39 is 0 Å². The number of aromatic nitrogens is 4. The molecule has 2 aromatic heterocycles. The summed E-state index contributed by atoms with van der Waals surface area (Å²) in [7, 11) is 0. The highest BCUT2D eigenvalue weighted by atomic mass is 15.2. The van der Waals surface area contributed by atoms with E-state index in [2.05, 4.69) is 45.4 Å². The van der Waals surface area contributed by atoms with Gasteiger partial charge in [-0.3, -0.25) is 0 Å². The normalized spacial score (nSPS) is 10.9. The van der Waals surface area contributed by atoms with Crippen molar-refractivity contribution >= 4 is 22.5 Å². The van der Waals surface area contributed by atoms with Crippen LogP contribution in [0.2, 0.25) is 0 Å². The highest BCUT2D eigenvalue weighted by Crippen LogP contribution is 2.20. The Morgan fingerprint density at radius 3 is 2.70 bits per heavy atom. The number of H-pyrrole nitrogens is 1. The molecule has 102 valence electrons. The van der Waals surface area contributed by atoms with E-state index in [9.17, 15) is 0 Å². The smallest absolute Gasteiger partial charge is 0.247 e. The maximum atomic E-state index is 4.53. The van der Waals surface area contributed by atoms with E-state index in [1.54, 1.807) is 0 Å². The molecule has 3 rings (SSSR count). The quantitative estimate of drug-likeness (QED) is 0.761. The Kier molecular flexibility index (Phi) is 3.33. The Morgan fingerprint density at radius 2 is 1.90 bits per heavy atom. The molecule has 0 bridgehead atoms. The lowest BCUT2D eigenvalue weighted by Gasteiger charge is -2.08. The van der Waals surface area contributed by atoms with Gasteiger partial charge in [0.1, 0.15) is 0 Å². The van der Waals surface area contributed by atoms with Crippen LogP contribution in [0.5, 0.6) is 0 Å². The summed E-state index contributed by atoms with van der Waals surface area (Å²) in [5.74, 6) is 0.550. The van der Waals surface area contributed by atoms with Crippen LogP contribution in [0.25, 0.3) is 10.9 Å². The summed E-state index contributed by atoms with van der Waals surface area (Å²) in [6.45, 7) is 4.15. The minimum absolute atomic E-state index is 0.550. The van der Waals surface area contributed by atoms with Crippen LogP contribution in [0.4, 0.5) is 11.6 Å². The molecule has 5 heteroatoms. The van der Waals surface area contributed by atoms with Gasteiger partial charge < -0.3 is 10.3 Å². The molecule has 0 fully saturated rings. The van der Waals surface area contributed by atoms with Crippen LogP contribution < -0.4 is 5.32 Å². The van der Waals surface area contributed by atoms with Gasteiger partial charge in [0.15, 0.2) is 0 Å². The minimum Gasteiger partial charge on any atom is -0.361 e. The summed E-state index contributed by atoms with van der Waals surface area (Å²) in [5.41, 5.74) is 4.06. The molecule has 0 radical (unpaired) electrons. The van der Waals surface area contributed by atoms with E-state index in [0.29, 0.717) is 5.95 Å². The van der Waals surface area contributed by atoms with Gasteiger partial charge in [-0.15, -0.1) is 10.2 Å². The largest absolute Gasteiger partial charge is 0.361 e. The minimum atomic E-state index is 0.550. The maximum Gasteiger partial charge on any atom is 0.247 e. The molecule has 3 aromatic rings. The zero-order valence-electron chi connectivity index (χ0n) is 11.6. The van der Waals surface area contributed by atoms with E-state index in [1.165, 1.54) is 0 Å². The van der Waals surface area contributed by atoms with Gasteiger partial charge in [-0.2, -0.15) is 0 Å². The Bertz CT molecular complexity index is 732. The number of nitrogens with one attached hydrogen (secondary N) is 2. The van der Waals surface area contributed by atoms with Crippen LogP contribution in [-0.4, -0.2) is 20.2 Å². The Labute approximate surface area is 117 Å². The van der Waals surface area contributed by atoms with Crippen LogP contribution in [0.3, 0.4) is 0 Å². The molecule has 2 heterocycles. The highest BCUT2D eigenvalue weighted by Gasteiger charge is 2.06. The molecule has 0 saturated heterocycles. The molecule has 5 nitrogen and oxygen atoms in total. The van der Waals surface area contributed by atoms with E-state index >= 15 is 0 Å². The highest BCUT2D eigenvalue weighted by molar-refractivity contribution is 5.83. The van der Waals surface area contributed by atoms with Gasteiger partial charge in [0.2, 0.25) is 5.95 Å². The molecule has 20 heavy (non-hydrogen) atoms. The van der Waals surface area contributed by atoms with Gasteiger partial charge in [-0.05, 0) is 37.1 Å². The molecule has 0 spiro atoms. The summed E-state index contributed by atoms with van der Waals surface area (Å²) in [6.07, 6.45) is 3.65. The van der Waals surface area contributed by atoms with Crippen LogP contribution in [0.1, 0.15) is 25.2 Å². The number of aryl methyl sites for hydroxylation is 2. The third-order valence-electron chi connectivity index (χ3n) is 3.32. The van der Waals surface area contributed by atoms with E-state index in [-0.39, 0.29) is 0 Å². The SMILES string of the molecule is CCc1nnc(Nc2ccc3[nH]ccc3c2)nc1CC. The Morgan fingerprint density at radius 1 is 1.05 bits per heavy atom. The molecule has 0 aliphatic rings. The predicted octanol–water partition coefficient (Wildman–Crippen LogP) is 3.22. The molecule has 0 unspecified atom stereocenters. The number of nitrogens with zero attached hydrogens (tertiary/aromatic N) is 3. The van der Waals surface area contributed by atoms with Crippen molar-refractivity contribution in [1.29, 1.82) is 0 Å². The Balaban J connectivity index is 1.89. The van der Waals surface area contributed by atoms with Gasteiger partial charge >= 0.3 is 0 Å². The average molecular weight is 267 g/mol. The number of aromatic amines is 1. The van der Waals surface area contributed by atoms with Crippen molar-refractivity contribution in [1.82, 2.24) is 20.2 Å². The average Bonchev–Trinajstić information content (AvgIpc) is 2.94. The fourth-order valence-electron chi connectivity index (χ4n) is 2.25. The number of benzene rings is 1. The zero-order chi connectivity index (χ0) is 13.9. The topological polar surface area (TPSA) is 66.5 Å². The number of rotatable bonds is 4. The van der Waals surface area contributed by atoms with Crippen molar-refractivity contribution in [3.63, 3.8) is 0 Å². The summed E-state index contributed by atoms with van der Waals surface area (Å²) < 4.78 is 0. The first-order chi connectivity index (χ1) is 9.80. The molecular weight excluding hydrogens is 250 g/mol. The Hall–Kier alpha value is -2.43. The van der Waals surface area contributed by atoms with Crippen LogP contribution in [-0.2, 0) is 12.8 Å². The summed E-state index contributed by atoms with van der Waals surface area (Å²) >= 11 is 0. The lowest BCUT2D eigenvalue weighted by molar-refractivity contribution is 0.829. The molecule has 1 aromatic carbocycles. The summed E-state index contributed by atoms with van der Waals surface area (Å²) in [6, 6.07) is 8.14. The van der Waals surface area contributed by atoms with Gasteiger partial charge in [-0.25, -0.2) is 4.98 Å². The van der Waals surface area contributed by atoms with Crippen LogP contribution >= 0.6 is 0 Å². The molecular formula is C15H17N5. The molecule has 0 amide bonds. The molecule has 0 aliphatic carbocycles. The van der Waals surface area contributed by atoms with Gasteiger partial charge in [0.05, 0.1) is 11.4 Å². The van der Waals surface area contributed by atoms with E-state index in [0.717, 1.165) is 40.8 Å². The third-order valence-corrected chi connectivity index (χ3v) is 3.32. The maximum absolute atomic E-state index is 4.53. The molecule has 0 saturated carbocycles. The number of anilines is 2. The second-order valence-electron chi connectivity index (χ2n) is 4.64. The van der Waals surface area contributed by atoms with Crippen molar-refractivity contribution < 1.29 is 0 Å². The monoisotopic (exact) mass is 267 g/mol. The van der Waals surface area contributed by atoms with E-state index in [1.807, 2.05) is 24.4 Å². The molecule has 2 N–H and O–H groups in total. The number of hydrogen-bond donors (Lipinski definition) is 2. The van der Waals surface area contributed by atoms with Crippen LogP contribution in [0, 0.1) is 0 Å². The zero-order valence-corrected chi connectivity index (χ0v) is 11.6. The van der Waals surface area contributed by atoms with Crippen molar-refractivity contribution in [2.75, 3.05) is 5.32 Å². The first-order valence-electron chi connectivity index (χ1n) is 6.86. The fourth-order valence-corrected chi connectivity index (χ4v) is 2.25. The van der Waals surface area contributed by atoms with E-state index in [4.69, 9.17) is 0 Å². The van der Waals surface area contributed by atoms with Crippen molar-refractivity contribution in [3.05, 3.63) is 41.9 Å². The van der Waals surface area contributed by atoms with Gasteiger partial charge in [-0.1, -0.05) is 13.8 Å². The third kappa shape index (κ3) is 2.34. The summed E-state index contributed by atoms with van der Waals surface area (Å²) in [5, 5.41) is 12.7. The van der Waals surface area contributed by atoms with Crippen molar-refractivity contribution in [3.8, 4) is 0 Å². The number of fused-ring (bicyclic) bond motifs is 1. The first kappa shape index (κ1) is 12.6. The fraction of sp³-hybridized carbons (Fsp3) is 0.267.